The monoisotopic (exact) mass is 276 g/mol. The van der Waals surface area contributed by atoms with Crippen LogP contribution in [-0.4, -0.2) is 35.2 Å². The van der Waals surface area contributed by atoms with Crippen LogP contribution >= 0.6 is 0 Å². The second-order valence-corrected chi connectivity index (χ2v) is 4.62. The lowest BCUT2D eigenvalue weighted by Gasteiger charge is -2.31. The number of piperazine rings is 1. The molecule has 1 aromatic carbocycles. The molecule has 20 heavy (non-hydrogen) atoms. The highest BCUT2D eigenvalue weighted by Gasteiger charge is 2.30. The number of carbonyl (C=O) groups excluding carboxylic acids is 3. The first-order valence-corrected chi connectivity index (χ1v) is 6.19. The van der Waals surface area contributed by atoms with Crippen LogP contribution in [0.1, 0.15) is 22.8 Å². The van der Waals surface area contributed by atoms with Crippen LogP contribution in [0, 0.1) is 0 Å². The Bertz CT molecular complexity index is 558. The highest BCUT2D eigenvalue weighted by molar-refractivity contribution is 6.01. The Morgan fingerprint density at radius 1 is 1.45 bits per heavy atom. The molecule has 7 heteroatoms. The van der Waals surface area contributed by atoms with Gasteiger partial charge in [0.1, 0.15) is 0 Å². The molecule has 0 saturated carbocycles. The molecule has 1 heterocycles. The van der Waals surface area contributed by atoms with Crippen molar-refractivity contribution in [3.63, 3.8) is 0 Å². The van der Waals surface area contributed by atoms with Crippen molar-refractivity contribution in [3.05, 3.63) is 35.4 Å². The van der Waals surface area contributed by atoms with Crippen molar-refractivity contribution < 1.29 is 14.4 Å². The van der Waals surface area contributed by atoms with E-state index in [-0.39, 0.29) is 18.4 Å². The lowest BCUT2D eigenvalue weighted by Crippen LogP contribution is -2.56. The van der Waals surface area contributed by atoms with Gasteiger partial charge in [-0.15, -0.1) is 0 Å². The van der Waals surface area contributed by atoms with Crippen LogP contribution in [-0.2, 0) is 16.1 Å². The van der Waals surface area contributed by atoms with E-state index in [4.69, 9.17) is 5.84 Å². The van der Waals surface area contributed by atoms with Crippen LogP contribution in [0.5, 0.6) is 0 Å². The molecule has 106 valence electrons. The van der Waals surface area contributed by atoms with Gasteiger partial charge in [0.2, 0.25) is 11.8 Å². The van der Waals surface area contributed by atoms with E-state index in [9.17, 15) is 14.4 Å². The number of nitrogen functional groups attached to an aromatic ring is 1. The Morgan fingerprint density at radius 3 is 2.85 bits per heavy atom. The number of hydrogen-bond acceptors (Lipinski definition) is 5. The molecule has 0 aromatic heterocycles. The van der Waals surface area contributed by atoms with Gasteiger partial charge in [-0.1, -0.05) is 18.2 Å². The molecule has 1 saturated heterocycles. The standard InChI is InChI=1S/C13H16N4O3/c1-8-12(19)15-11(18)7-17(8)6-9-4-2-3-5-10(9)13(20)16-14/h2-5,8H,6-7,14H2,1H3,(H,16,20)(H,15,18,19). The maximum absolute atomic E-state index is 11.7. The Balaban J connectivity index is 2.23. The summed E-state index contributed by atoms with van der Waals surface area (Å²) in [7, 11) is 0. The van der Waals surface area contributed by atoms with Gasteiger partial charge in [-0.05, 0) is 18.6 Å². The lowest BCUT2D eigenvalue weighted by atomic mass is 10.0. The molecule has 0 bridgehead atoms. The number of nitrogens with two attached hydrogens (primary N) is 1. The SMILES string of the molecule is CC1C(=O)NC(=O)CN1Cc1ccccc1C(=O)NN. The number of amides is 3. The quantitative estimate of drug-likeness (QED) is 0.288. The summed E-state index contributed by atoms with van der Waals surface area (Å²) in [5.41, 5.74) is 3.23. The Kier molecular flexibility index (Phi) is 4.11. The minimum absolute atomic E-state index is 0.117. The molecule has 0 spiro atoms. The van der Waals surface area contributed by atoms with E-state index in [0.29, 0.717) is 17.7 Å². The summed E-state index contributed by atoms with van der Waals surface area (Å²) in [4.78, 5) is 36.4. The minimum atomic E-state index is -0.429. The Morgan fingerprint density at radius 2 is 2.15 bits per heavy atom. The molecule has 1 unspecified atom stereocenters. The molecular weight excluding hydrogens is 260 g/mol. The normalized spacial score (nSPS) is 19.6. The van der Waals surface area contributed by atoms with Crippen molar-refractivity contribution in [2.24, 2.45) is 5.84 Å². The van der Waals surface area contributed by atoms with Gasteiger partial charge in [-0.2, -0.15) is 0 Å². The van der Waals surface area contributed by atoms with Crippen molar-refractivity contribution in [1.29, 1.82) is 0 Å². The Hall–Kier alpha value is -2.25. The number of carbonyl (C=O) groups is 3. The third-order valence-electron chi connectivity index (χ3n) is 3.30. The second kappa shape index (κ2) is 5.81. The average molecular weight is 276 g/mol. The van der Waals surface area contributed by atoms with E-state index < -0.39 is 11.9 Å². The fourth-order valence-corrected chi connectivity index (χ4v) is 2.14. The smallest absolute Gasteiger partial charge is 0.265 e. The van der Waals surface area contributed by atoms with Crippen molar-refractivity contribution >= 4 is 17.7 Å². The minimum Gasteiger partial charge on any atom is -0.294 e. The second-order valence-electron chi connectivity index (χ2n) is 4.62. The lowest BCUT2D eigenvalue weighted by molar-refractivity contribution is -0.139. The summed E-state index contributed by atoms with van der Waals surface area (Å²) in [5.74, 6) is 4.07. The number of rotatable bonds is 3. The van der Waals surface area contributed by atoms with E-state index in [2.05, 4.69) is 10.7 Å². The molecule has 1 fully saturated rings. The molecule has 7 nitrogen and oxygen atoms in total. The zero-order valence-electron chi connectivity index (χ0n) is 11.1. The van der Waals surface area contributed by atoms with Crippen LogP contribution in [0.4, 0.5) is 0 Å². The van der Waals surface area contributed by atoms with Gasteiger partial charge < -0.3 is 0 Å². The summed E-state index contributed by atoms with van der Waals surface area (Å²) in [6, 6.07) is 6.51. The predicted octanol–water partition coefficient (Wildman–Crippen LogP) is -0.863. The third-order valence-corrected chi connectivity index (χ3v) is 3.30. The largest absolute Gasteiger partial charge is 0.294 e. The zero-order valence-corrected chi connectivity index (χ0v) is 11.1. The average Bonchev–Trinajstić information content (AvgIpc) is 2.44. The van der Waals surface area contributed by atoms with E-state index >= 15 is 0 Å². The number of nitrogens with zero attached hydrogens (tertiary/aromatic N) is 1. The molecular formula is C13H16N4O3. The van der Waals surface area contributed by atoms with Gasteiger partial charge in [0.25, 0.3) is 5.91 Å². The van der Waals surface area contributed by atoms with Crippen LogP contribution in [0.25, 0.3) is 0 Å². The molecule has 1 aliphatic heterocycles. The summed E-state index contributed by atoms with van der Waals surface area (Å²) < 4.78 is 0. The van der Waals surface area contributed by atoms with E-state index in [1.807, 2.05) is 0 Å². The van der Waals surface area contributed by atoms with Gasteiger partial charge in [0.15, 0.2) is 0 Å². The first-order valence-electron chi connectivity index (χ1n) is 6.19. The number of imide groups is 1. The first kappa shape index (κ1) is 14.2. The summed E-state index contributed by atoms with van der Waals surface area (Å²) in [5, 5.41) is 2.27. The predicted molar refractivity (Wildman–Crippen MR) is 71.1 cm³/mol. The highest BCUT2D eigenvalue weighted by atomic mass is 16.2. The fourth-order valence-electron chi connectivity index (χ4n) is 2.14. The van der Waals surface area contributed by atoms with Gasteiger partial charge in [0, 0.05) is 12.1 Å². The molecule has 1 atom stereocenters. The molecule has 1 aliphatic rings. The number of hydrazine groups is 1. The molecule has 0 radical (unpaired) electrons. The molecule has 4 N–H and O–H groups in total. The molecule has 2 rings (SSSR count). The summed E-state index contributed by atoms with van der Waals surface area (Å²) >= 11 is 0. The first-order chi connectivity index (χ1) is 9.52. The van der Waals surface area contributed by atoms with Crippen molar-refractivity contribution in [3.8, 4) is 0 Å². The van der Waals surface area contributed by atoms with Crippen LogP contribution < -0.4 is 16.6 Å². The van der Waals surface area contributed by atoms with Crippen molar-refractivity contribution in [2.45, 2.75) is 19.5 Å². The number of hydrogen-bond donors (Lipinski definition) is 3. The topological polar surface area (TPSA) is 105 Å². The maximum Gasteiger partial charge on any atom is 0.265 e. The maximum atomic E-state index is 11.7. The van der Waals surface area contributed by atoms with Crippen molar-refractivity contribution in [2.75, 3.05) is 6.54 Å². The third kappa shape index (κ3) is 2.84. The van der Waals surface area contributed by atoms with Crippen molar-refractivity contribution in [1.82, 2.24) is 15.6 Å². The van der Waals surface area contributed by atoms with Gasteiger partial charge in [0.05, 0.1) is 12.6 Å². The fraction of sp³-hybridized carbons (Fsp3) is 0.308. The number of nitrogens with one attached hydrogen (secondary N) is 2. The van der Waals surface area contributed by atoms with Gasteiger partial charge in [-0.3, -0.25) is 30.0 Å². The van der Waals surface area contributed by atoms with E-state index in [1.54, 1.807) is 36.1 Å². The van der Waals surface area contributed by atoms with Gasteiger partial charge in [-0.25, -0.2) is 5.84 Å². The van der Waals surface area contributed by atoms with Crippen LogP contribution in [0.3, 0.4) is 0 Å². The zero-order chi connectivity index (χ0) is 14.7. The molecule has 3 amide bonds. The van der Waals surface area contributed by atoms with Crippen LogP contribution in [0.2, 0.25) is 0 Å². The Labute approximate surface area is 116 Å². The molecule has 0 aliphatic carbocycles. The van der Waals surface area contributed by atoms with E-state index in [0.717, 1.165) is 0 Å². The molecule has 1 aromatic rings. The van der Waals surface area contributed by atoms with Gasteiger partial charge >= 0.3 is 0 Å². The highest BCUT2D eigenvalue weighted by Crippen LogP contribution is 2.15. The summed E-state index contributed by atoms with van der Waals surface area (Å²) in [6.07, 6.45) is 0. The van der Waals surface area contributed by atoms with E-state index in [1.165, 1.54) is 0 Å². The summed E-state index contributed by atoms with van der Waals surface area (Å²) in [6.45, 7) is 2.16. The number of benzene rings is 1. The van der Waals surface area contributed by atoms with Crippen LogP contribution in [0.15, 0.2) is 24.3 Å².